The number of aryl methyl sites for hydroxylation is 1. The van der Waals surface area contributed by atoms with Crippen LogP contribution in [0.3, 0.4) is 0 Å². The fourth-order valence-corrected chi connectivity index (χ4v) is 2.79. The number of halogens is 2. The van der Waals surface area contributed by atoms with Gasteiger partial charge in [0.25, 0.3) is 5.91 Å². The summed E-state index contributed by atoms with van der Waals surface area (Å²) in [6.07, 6.45) is -1.16. The van der Waals surface area contributed by atoms with Crippen LogP contribution >= 0.6 is 11.5 Å². The highest BCUT2D eigenvalue weighted by atomic mass is 32.1. The van der Waals surface area contributed by atoms with Crippen molar-refractivity contribution >= 4 is 34.1 Å². The van der Waals surface area contributed by atoms with E-state index in [0.29, 0.717) is 10.7 Å². The standard InChI is InChI=1S/C16H17F2N3O4S/c1-8-12(14(19-3)26-21-8)15(23)24-9(2)13(22)20-10-6-4-5-7-11(10)25-16(17)18/h4-7,9,16,19H,1-3H3,(H,20,22). The molecule has 1 heterocycles. The third kappa shape index (κ3) is 4.66. The van der Waals surface area contributed by atoms with E-state index in [0.717, 1.165) is 11.5 Å². The molecule has 0 aliphatic carbocycles. The van der Waals surface area contributed by atoms with Gasteiger partial charge in [-0.2, -0.15) is 13.2 Å². The Hall–Kier alpha value is -2.75. The Kier molecular flexibility index (Phi) is 6.45. The zero-order valence-corrected chi connectivity index (χ0v) is 15.0. The Labute approximate surface area is 152 Å². The van der Waals surface area contributed by atoms with E-state index >= 15 is 0 Å². The summed E-state index contributed by atoms with van der Waals surface area (Å²) in [4.78, 5) is 24.5. The second-order valence-electron chi connectivity index (χ2n) is 5.13. The van der Waals surface area contributed by atoms with E-state index in [-0.39, 0.29) is 17.0 Å². The normalized spacial score (nSPS) is 11.8. The van der Waals surface area contributed by atoms with E-state index in [2.05, 4.69) is 19.7 Å². The first-order valence-electron chi connectivity index (χ1n) is 7.53. The molecule has 0 radical (unpaired) electrons. The molecule has 2 aromatic rings. The number of amides is 1. The molecule has 0 spiro atoms. The number of para-hydroxylation sites is 2. The number of hydrogen-bond acceptors (Lipinski definition) is 7. The lowest BCUT2D eigenvalue weighted by molar-refractivity contribution is -0.123. The van der Waals surface area contributed by atoms with Gasteiger partial charge in [0.05, 0.1) is 11.4 Å². The van der Waals surface area contributed by atoms with Gasteiger partial charge in [-0.15, -0.1) is 0 Å². The number of esters is 1. The van der Waals surface area contributed by atoms with E-state index in [9.17, 15) is 18.4 Å². The maximum atomic E-state index is 12.4. The van der Waals surface area contributed by atoms with Crippen molar-refractivity contribution in [3.8, 4) is 5.75 Å². The van der Waals surface area contributed by atoms with Crippen LogP contribution < -0.4 is 15.4 Å². The summed E-state index contributed by atoms with van der Waals surface area (Å²) < 4.78 is 38.4. The number of rotatable bonds is 7. The molecule has 1 aromatic heterocycles. The van der Waals surface area contributed by atoms with Crippen molar-refractivity contribution in [2.45, 2.75) is 26.6 Å². The third-order valence-corrected chi connectivity index (χ3v) is 4.26. The summed E-state index contributed by atoms with van der Waals surface area (Å²) in [5, 5.41) is 5.76. The van der Waals surface area contributed by atoms with Crippen LogP contribution in [0.2, 0.25) is 0 Å². The molecule has 0 saturated heterocycles. The molecule has 0 fully saturated rings. The number of ether oxygens (including phenoxy) is 2. The average molecular weight is 385 g/mol. The molecule has 7 nitrogen and oxygen atoms in total. The van der Waals surface area contributed by atoms with Gasteiger partial charge in [-0.05, 0) is 37.5 Å². The molecule has 0 aliphatic rings. The highest BCUT2D eigenvalue weighted by Crippen LogP contribution is 2.27. The predicted molar refractivity (Wildman–Crippen MR) is 93.0 cm³/mol. The van der Waals surface area contributed by atoms with Gasteiger partial charge in [0, 0.05) is 7.05 Å². The molecule has 0 aliphatic heterocycles. The number of anilines is 2. The molecule has 26 heavy (non-hydrogen) atoms. The van der Waals surface area contributed by atoms with Gasteiger partial charge in [0.2, 0.25) is 0 Å². The van der Waals surface area contributed by atoms with Crippen LogP contribution in [-0.4, -0.2) is 36.0 Å². The van der Waals surface area contributed by atoms with Gasteiger partial charge < -0.3 is 20.1 Å². The van der Waals surface area contributed by atoms with Gasteiger partial charge in [0.15, 0.2) is 6.10 Å². The van der Waals surface area contributed by atoms with E-state index in [4.69, 9.17) is 4.74 Å². The largest absolute Gasteiger partial charge is 0.449 e. The Balaban J connectivity index is 2.06. The predicted octanol–water partition coefficient (Wildman–Crippen LogP) is 3.28. The number of hydrogen-bond donors (Lipinski definition) is 2. The molecule has 0 saturated carbocycles. The van der Waals surface area contributed by atoms with Crippen molar-refractivity contribution < 1.29 is 27.8 Å². The monoisotopic (exact) mass is 385 g/mol. The second kappa shape index (κ2) is 8.56. The molecule has 2 N–H and O–H groups in total. The molecule has 10 heteroatoms. The maximum absolute atomic E-state index is 12.4. The molecular formula is C16H17F2N3O4S. The summed E-state index contributed by atoms with van der Waals surface area (Å²) in [6, 6.07) is 5.72. The number of alkyl halides is 2. The summed E-state index contributed by atoms with van der Waals surface area (Å²) >= 11 is 1.10. The second-order valence-corrected chi connectivity index (χ2v) is 5.91. The topological polar surface area (TPSA) is 89.5 Å². The number of aromatic nitrogens is 1. The zero-order chi connectivity index (χ0) is 19.3. The lowest BCUT2D eigenvalue weighted by Gasteiger charge is -2.16. The van der Waals surface area contributed by atoms with Crippen LogP contribution in [-0.2, 0) is 9.53 Å². The van der Waals surface area contributed by atoms with E-state index < -0.39 is 24.6 Å². The van der Waals surface area contributed by atoms with Crippen LogP contribution in [0.4, 0.5) is 19.5 Å². The maximum Gasteiger partial charge on any atom is 0.387 e. The lowest BCUT2D eigenvalue weighted by atomic mass is 10.2. The molecule has 1 unspecified atom stereocenters. The fraction of sp³-hybridized carbons (Fsp3) is 0.312. The number of carbonyl (C=O) groups excluding carboxylic acids is 2. The van der Waals surface area contributed by atoms with Gasteiger partial charge >= 0.3 is 12.6 Å². The number of nitrogens with zero attached hydrogens (tertiary/aromatic N) is 1. The minimum atomic E-state index is -3.03. The first kappa shape index (κ1) is 19.6. The highest BCUT2D eigenvalue weighted by molar-refractivity contribution is 7.10. The molecule has 140 valence electrons. The van der Waals surface area contributed by atoms with Crippen LogP contribution in [0, 0.1) is 6.92 Å². The zero-order valence-electron chi connectivity index (χ0n) is 14.2. The number of nitrogens with one attached hydrogen (secondary N) is 2. The van der Waals surface area contributed by atoms with Crippen LogP contribution in [0.5, 0.6) is 5.75 Å². The summed E-state index contributed by atoms with van der Waals surface area (Å²) in [6.45, 7) is -0.00783. The SMILES string of the molecule is CNc1snc(C)c1C(=O)OC(C)C(=O)Nc1ccccc1OC(F)F. The molecule has 2 rings (SSSR count). The average Bonchev–Trinajstić information content (AvgIpc) is 2.96. The van der Waals surface area contributed by atoms with Crippen molar-refractivity contribution in [2.75, 3.05) is 17.7 Å². The minimum Gasteiger partial charge on any atom is -0.449 e. The van der Waals surface area contributed by atoms with Gasteiger partial charge in [-0.25, -0.2) is 4.79 Å². The molecular weight excluding hydrogens is 368 g/mol. The van der Waals surface area contributed by atoms with Crippen molar-refractivity contribution in [3.05, 3.63) is 35.5 Å². The van der Waals surface area contributed by atoms with E-state index in [1.807, 2.05) is 0 Å². The summed E-state index contributed by atoms with van der Waals surface area (Å²) in [5.74, 6) is -1.58. The molecule has 1 aromatic carbocycles. The first-order valence-corrected chi connectivity index (χ1v) is 8.30. The van der Waals surface area contributed by atoms with Crippen molar-refractivity contribution in [1.82, 2.24) is 4.37 Å². The van der Waals surface area contributed by atoms with Crippen LogP contribution in [0.1, 0.15) is 23.0 Å². The summed E-state index contributed by atoms with van der Waals surface area (Å²) in [5.41, 5.74) is 0.774. The Morgan fingerprint density at radius 1 is 1.27 bits per heavy atom. The molecule has 0 bridgehead atoms. The Bertz CT molecular complexity index is 798. The quantitative estimate of drug-likeness (QED) is 0.711. The first-order chi connectivity index (χ1) is 12.3. The third-order valence-electron chi connectivity index (χ3n) is 3.31. The fourth-order valence-electron chi connectivity index (χ4n) is 2.06. The van der Waals surface area contributed by atoms with Crippen molar-refractivity contribution in [2.24, 2.45) is 0 Å². The van der Waals surface area contributed by atoms with Crippen LogP contribution in [0.25, 0.3) is 0 Å². The highest BCUT2D eigenvalue weighted by Gasteiger charge is 2.25. The summed E-state index contributed by atoms with van der Waals surface area (Å²) in [7, 11) is 1.64. The van der Waals surface area contributed by atoms with Crippen LogP contribution in [0.15, 0.2) is 24.3 Å². The smallest absolute Gasteiger partial charge is 0.387 e. The molecule has 1 amide bonds. The number of carbonyl (C=O) groups is 2. The van der Waals surface area contributed by atoms with E-state index in [1.165, 1.54) is 25.1 Å². The van der Waals surface area contributed by atoms with Gasteiger partial charge in [-0.3, -0.25) is 4.79 Å². The van der Waals surface area contributed by atoms with Crippen molar-refractivity contribution in [1.29, 1.82) is 0 Å². The lowest BCUT2D eigenvalue weighted by Crippen LogP contribution is -2.30. The van der Waals surface area contributed by atoms with Gasteiger partial charge in [-0.1, -0.05) is 12.1 Å². The van der Waals surface area contributed by atoms with Gasteiger partial charge in [0.1, 0.15) is 16.3 Å². The minimum absolute atomic E-state index is 0.0463. The Morgan fingerprint density at radius 3 is 2.62 bits per heavy atom. The van der Waals surface area contributed by atoms with E-state index in [1.54, 1.807) is 20.0 Å². The van der Waals surface area contributed by atoms with Crippen molar-refractivity contribution in [3.63, 3.8) is 0 Å². The Morgan fingerprint density at radius 2 is 1.96 bits per heavy atom. The number of benzene rings is 1. The molecule has 1 atom stereocenters.